The summed E-state index contributed by atoms with van der Waals surface area (Å²) in [4.78, 5) is 16.2. The molecule has 0 saturated carbocycles. The highest BCUT2D eigenvalue weighted by Gasteiger charge is 2.45. The van der Waals surface area contributed by atoms with Crippen LogP contribution in [0.5, 0.6) is 0 Å². The van der Waals surface area contributed by atoms with E-state index in [1.165, 1.54) is 25.9 Å². The Kier molecular flexibility index (Phi) is 2.87. The van der Waals surface area contributed by atoms with Gasteiger partial charge in [0, 0.05) is 12.6 Å². The van der Waals surface area contributed by atoms with Crippen molar-refractivity contribution in [2.45, 2.75) is 38.3 Å². The van der Waals surface area contributed by atoms with E-state index in [4.69, 9.17) is 0 Å². The van der Waals surface area contributed by atoms with Gasteiger partial charge >= 0.3 is 5.97 Å². The normalized spacial score (nSPS) is 46.3. The van der Waals surface area contributed by atoms with Crippen molar-refractivity contribution in [2.24, 2.45) is 11.8 Å². The molecule has 1 N–H and O–H groups in total. The van der Waals surface area contributed by atoms with Crippen LogP contribution in [0.2, 0.25) is 0 Å². The lowest BCUT2D eigenvalue weighted by atomic mass is 9.82. The maximum absolute atomic E-state index is 11.4. The minimum atomic E-state index is -0.619. The van der Waals surface area contributed by atoms with Gasteiger partial charge in [-0.1, -0.05) is 6.92 Å². The third kappa shape index (κ3) is 1.87. The monoisotopic (exact) mass is 238 g/mol. The van der Waals surface area contributed by atoms with Crippen LogP contribution in [0.1, 0.15) is 26.2 Å². The maximum atomic E-state index is 11.4. The van der Waals surface area contributed by atoms with Crippen molar-refractivity contribution >= 4 is 5.97 Å². The molecule has 0 spiro atoms. The largest absolute Gasteiger partial charge is 0.480 e. The zero-order valence-corrected chi connectivity index (χ0v) is 10.5. The number of carboxylic acid groups (broad SMARTS) is 1. The Morgan fingerprint density at radius 2 is 1.88 bits per heavy atom. The van der Waals surface area contributed by atoms with Crippen molar-refractivity contribution in [3.63, 3.8) is 0 Å². The summed E-state index contributed by atoms with van der Waals surface area (Å²) in [6, 6.07) is 0.268. The zero-order chi connectivity index (χ0) is 12.0. The van der Waals surface area contributed by atoms with E-state index in [1.54, 1.807) is 0 Å². The Labute approximate surface area is 103 Å². The first-order chi connectivity index (χ1) is 8.16. The molecule has 4 heteroatoms. The molecule has 17 heavy (non-hydrogen) atoms. The van der Waals surface area contributed by atoms with E-state index < -0.39 is 5.97 Å². The molecule has 0 aromatic carbocycles. The number of carboxylic acids is 1. The van der Waals surface area contributed by atoms with Crippen LogP contribution in [0.15, 0.2) is 0 Å². The van der Waals surface area contributed by atoms with E-state index >= 15 is 0 Å². The predicted octanol–water partition coefficient (Wildman–Crippen LogP) is 0.876. The molecule has 0 aromatic rings. The van der Waals surface area contributed by atoms with Crippen molar-refractivity contribution in [1.82, 2.24) is 9.80 Å². The summed E-state index contributed by atoms with van der Waals surface area (Å²) in [5.74, 6) is 0.432. The number of likely N-dealkylation sites (tertiary alicyclic amines) is 1. The Balaban J connectivity index is 1.77. The lowest BCUT2D eigenvalue weighted by Gasteiger charge is -2.49. The molecule has 0 aromatic heterocycles. The summed E-state index contributed by atoms with van der Waals surface area (Å²) in [7, 11) is 0. The second-order valence-electron chi connectivity index (χ2n) is 5.99. The van der Waals surface area contributed by atoms with Gasteiger partial charge in [0.15, 0.2) is 0 Å². The molecule has 0 radical (unpaired) electrons. The van der Waals surface area contributed by atoms with Gasteiger partial charge in [-0.2, -0.15) is 0 Å². The predicted molar refractivity (Wildman–Crippen MR) is 64.9 cm³/mol. The summed E-state index contributed by atoms with van der Waals surface area (Å²) in [6.07, 6.45) is 3.57. The lowest BCUT2D eigenvalue weighted by Crippen LogP contribution is -2.59. The highest BCUT2D eigenvalue weighted by atomic mass is 16.4. The Hall–Kier alpha value is -0.610. The summed E-state index contributed by atoms with van der Waals surface area (Å²) in [5.41, 5.74) is 0. The third-order valence-corrected chi connectivity index (χ3v) is 5.04. The van der Waals surface area contributed by atoms with E-state index in [-0.39, 0.29) is 6.04 Å². The molecule has 2 bridgehead atoms. The van der Waals surface area contributed by atoms with Crippen LogP contribution < -0.4 is 0 Å². The zero-order valence-electron chi connectivity index (χ0n) is 10.5. The molecule has 4 aliphatic heterocycles. The molecule has 4 heterocycles. The van der Waals surface area contributed by atoms with Gasteiger partial charge in [-0.15, -0.1) is 0 Å². The van der Waals surface area contributed by atoms with Crippen LogP contribution in [0.4, 0.5) is 0 Å². The van der Waals surface area contributed by atoms with Gasteiger partial charge in [0.1, 0.15) is 6.04 Å². The van der Waals surface area contributed by atoms with Gasteiger partial charge in [-0.3, -0.25) is 9.69 Å². The Morgan fingerprint density at radius 1 is 1.18 bits per heavy atom. The van der Waals surface area contributed by atoms with E-state index in [2.05, 4.69) is 16.7 Å². The summed E-state index contributed by atoms with van der Waals surface area (Å²) >= 11 is 0. The third-order valence-electron chi connectivity index (χ3n) is 5.04. The van der Waals surface area contributed by atoms with E-state index in [9.17, 15) is 9.90 Å². The van der Waals surface area contributed by atoms with Crippen LogP contribution >= 0.6 is 0 Å². The van der Waals surface area contributed by atoms with Crippen LogP contribution in [0.3, 0.4) is 0 Å². The lowest BCUT2D eigenvalue weighted by molar-refractivity contribution is -0.145. The van der Waals surface area contributed by atoms with Gasteiger partial charge in [0.25, 0.3) is 0 Å². The molecule has 3 unspecified atom stereocenters. The first-order valence-corrected chi connectivity index (χ1v) is 6.87. The quantitative estimate of drug-likeness (QED) is 0.775. The molecule has 3 atom stereocenters. The van der Waals surface area contributed by atoms with E-state index in [1.807, 2.05) is 0 Å². The highest BCUT2D eigenvalue weighted by Crippen LogP contribution is 2.36. The van der Waals surface area contributed by atoms with Crippen LogP contribution in [-0.2, 0) is 4.79 Å². The smallest absolute Gasteiger partial charge is 0.321 e. The second-order valence-corrected chi connectivity index (χ2v) is 5.99. The summed E-state index contributed by atoms with van der Waals surface area (Å²) < 4.78 is 0. The van der Waals surface area contributed by atoms with Gasteiger partial charge in [0.05, 0.1) is 0 Å². The Morgan fingerprint density at radius 3 is 2.41 bits per heavy atom. The van der Waals surface area contributed by atoms with Crippen LogP contribution in [0, 0.1) is 11.8 Å². The van der Waals surface area contributed by atoms with Crippen molar-refractivity contribution in [3.05, 3.63) is 0 Å². The number of fused-ring (bicyclic) bond motifs is 3. The van der Waals surface area contributed by atoms with Gasteiger partial charge < -0.3 is 10.0 Å². The van der Waals surface area contributed by atoms with Gasteiger partial charge in [-0.25, -0.2) is 0 Å². The minimum Gasteiger partial charge on any atom is -0.480 e. The number of aliphatic carboxylic acids is 1. The van der Waals surface area contributed by atoms with Crippen molar-refractivity contribution in [3.8, 4) is 0 Å². The molecular weight excluding hydrogens is 216 g/mol. The molecular formula is C13H22N2O2. The SMILES string of the molecule is CC1CCN(C2CN3CCC2CC3)C1C(=O)O. The number of hydrogen-bond donors (Lipinski definition) is 1. The fourth-order valence-electron chi connectivity index (χ4n) is 4.04. The van der Waals surface area contributed by atoms with Gasteiger partial charge in [0.2, 0.25) is 0 Å². The molecule has 0 aliphatic carbocycles. The molecule has 4 rings (SSSR count). The van der Waals surface area contributed by atoms with Gasteiger partial charge in [-0.05, 0) is 50.7 Å². The maximum Gasteiger partial charge on any atom is 0.321 e. The number of nitrogens with zero attached hydrogens (tertiary/aromatic N) is 2. The highest BCUT2D eigenvalue weighted by molar-refractivity contribution is 5.74. The molecule has 4 nitrogen and oxygen atoms in total. The van der Waals surface area contributed by atoms with Crippen molar-refractivity contribution in [2.75, 3.05) is 26.2 Å². The molecule has 96 valence electrons. The number of piperidine rings is 3. The first kappa shape index (κ1) is 11.5. The Bertz CT molecular complexity index is 313. The average molecular weight is 238 g/mol. The molecule has 0 amide bonds. The van der Waals surface area contributed by atoms with E-state index in [0.717, 1.165) is 25.4 Å². The number of rotatable bonds is 2. The minimum absolute atomic E-state index is 0.236. The average Bonchev–Trinajstić information content (AvgIpc) is 2.72. The molecule has 4 saturated heterocycles. The summed E-state index contributed by atoms with van der Waals surface area (Å²) in [5, 5.41) is 9.40. The van der Waals surface area contributed by atoms with Crippen molar-refractivity contribution < 1.29 is 9.90 Å². The number of hydrogen-bond acceptors (Lipinski definition) is 3. The molecule has 4 fully saturated rings. The summed E-state index contributed by atoms with van der Waals surface area (Å²) in [6.45, 7) is 6.61. The fraction of sp³-hybridized carbons (Fsp3) is 0.923. The van der Waals surface area contributed by atoms with Crippen LogP contribution in [-0.4, -0.2) is 59.1 Å². The first-order valence-electron chi connectivity index (χ1n) is 6.87. The molecule has 4 aliphatic rings. The van der Waals surface area contributed by atoms with Crippen molar-refractivity contribution in [1.29, 1.82) is 0 Å². The standard InChI is InChI=1S/C13H22N2O2/c1-9-2-7-15(12(9)13(16)17)11-8-14-5-3-10(11)4-6-14/h9-12H,2-8H2,1H3,(H,16,17). The fourth-order valence-corrected chi connectivity index (χ4v) is 4.04. The topological polar surface area (TPSA) is 43.8 Å². The van der Waals surface area contributed by atoms with E-state index in [0.29, 0.717) is 12.0 Å². The second kappa shape index (κ2) is 4.25. The van der Waals surface area contributed by atoms with Crippen LogP contribution in [0.25, 0.3) is 0 Å². The number of carbonyl (C=O) groups is 1.